The Morgan fingerprint density at radius 3 is 2.58 bits per heavy atom. The van der Waals surface area contributed by atoms with Crippen molar-refractivity contribution in [3.05, 3.63) is 48.3 Å². The van der Waals surface area contributed by atoms with Crippen LogP contribution in [0.15, 0.2) is 42.7 Å². The van der Waals surface area contributed by atoms with Gasteiger partial charge in [0.1, 0.15) is 6.61 Å². The number of likely N-dealkylation sites (tertiary alicyclic amines) is 1. The van der Waals surface area contributed by atoms with Gasteiger partial charge in [0.05, 0.1) is 17.6 Å². The van der Waals surface area contributed by atoms with E-state index in [4.69, 9.17) is 4.74 Å². The number of piperidine rings is 1. The number of anilines is 1. The van der Waals surface area contributed by atoms with Crippen LogP contribution in [0.2, 0.25) is 0 Å². The maximum Gasteiger partial charge on any atom is 0.414 e. The molecule has 2 aliphatic rings. The number of hydrogen-bond donors (Lipinski definition) is 0. The molecule has 160 valence electrons. The number of amides is 2. The van der Waals surface area contributed by atoms with Gasteiger partial charge in [0.25, 0.3) is 11.8 Å². The van der Waals surface area contributed by atoms with Crippen LogP contribution >= 0.6 is 0 Å². The largest absolute Gasteiger partial charge is 0.447 e. The van der Waals surface area contributed by atoms with E-state index in [1.807, 2.05) is 18.2 Å². The lowest BCUT2D eigenvalue weighted by molar-refractivity contribution is -0.0494. The summed E-state index contributed by atoms with van der Waals surface area (Å²) < 4.78 is 33.2. The highest BCUT2D eigenvalue weighted by molar-refractivity contribution is 5.94. The molecule has 5 rings (SSSR count). The smallest absolute Gasteiger partial charge is 0.414 e. The second-order valence-electron chi connectivity index (χ2n) is 7.64. The monoisotopic (exact) mass is 427 g/mol. The maximum absolute atomic E-state index is 13.3. The second kappa shape index (κ2) is 7.29. The summed E-state index contributed by atoms with van der Waals surface area (Å²) in [5, 5.41) is 5.32. The first-order valence-electron chi connectivity index (χ1n) is 9.97. The Hall–Kier alpha value is -3.56. The van der Waals surface area contributed by atoms with Crippen molar-refractivity contribution < 1.29 is 23.1 Å². The Morgan fingerprint density at radius 1 is 1.10 bits per heavy atom. The number of ether oxygens (including phenoxy) is 1. The third-order valence-electron chi connectivity index (χ3n) is 5.57. The normalized spacial score (nSPS) is 18.5. The first kappa shape index (κ1) is 19.4. The molecule has 2 saturated heterocycles. The lowest BCUT2D eigenvalue weighted by atomic mass is 10.1. The summed E-state index contributed by atoms with van der Waals surface area (Å²) in [7, 11) is 0. The minimum atomic E-state index is -2.70. The van der Waals surface area contributed by atoms with Gasteiger partial charge in [0, 0.05) is 49.4 Å². The number of carbonyl (C=O) groups excluding carboxylic acids is 2. The van der Waals surface area contributed by atoms with E-state index in [-0.39, 0.29) is 37.9 Å². The van der Waals surface area contributed by atoms with Crippen LogP contribution in [0.5, 0.6) is 0 Å². The fraction of sp³-hybridized carbons (Fsp3) is 0.333. The first-order chi connectivity index (χ1) is 14.9. The Bertz CT molecular complexity index is 1150. The van der Waals surface area contributed by atoms with Crippen molar-refractivity contribution in [2.45, 2.75) is 18.8 Å². The fourth-order valence-electron chi connectivity index (χ4n) is 3.79. The number of carbonyl (C=O) groups is 2. The summed E-state index contributed by atoms with van der Waals surface area (Å²) in [6.45, 7) is 0.936. The zero-order valence-corrected chi connectivity index (χ0v) is 16.5. The van der Waals surface area contributed by atoms with Gasteiger partial charge < -0.3 is 9.64 Å². The number of cyclic esters (lactones) is 1. The van der Waals surface area contributed by atoms with Gasteiger partial charge in [0.15, 0.2) is 5.82 Å². The molecule has 0 radical (unpaired) electrons. The van der Waals surface area contributed by atoms with Crippen LogP contribution in [0.1, 0.15) is 23.2 Å². The van der Waals surface area contributed by atoms with Gasteiger partial charge in [-0.05, 0) is 30.3 Å². The summed E-state index contributed by atoms with van der Waals surface area (Å²) in [4.78, 5) is 31.7. The zero-order chi connectivity index (χ0) is 21.6. The fourth-order valence-corrected chi connectivity index (χ4v) is 3.79. The molecule has 31 heavy (non-hydrogen) atoms. The number of benzene rings is 1. The number of alkyl halides is 2. The number of halogens is 2. The van der Waals surface area contributed by atoms with Crippen LogP contribution in [0.25, 0.3) is 16.7 Å². The molecule has 2 amide bonds. The van der Waals surface area contributed by atoms with Crippen LogP contribution in [0.3, 0.4) is 0 Å². The highest BCUT2D eigenvalue weighted by Crippen LogP contribution is 2.28. The quantitative estimate of drug-likeness (QED) is 0.641. The van der Waals surface area contributed by atoms with Gasteiger partial charge in [-0.25, -0.2) is 23.2 Å². The van der Waals surface area contributed by atoms with E-state index in [0.717, 1.165) is 16.6 Å². The van der Waals surface area contributed by atoms with E-state index in [2.05, 4.69) is 10.1 Å². The average molecular weight is 427 g/mol. The third-order valence-corrected chi connectivity index (χ3v) is 5.57. The minimum Gasteiger partial charge on any atom is -0.447 e. The standard InChI is InChI=1S/C21H19F2N5O3/c22-21(23)5-7-26(8-6-21)19(29)14-1-4-18(24-12-14)28-13-15-11-16(2-3-17(15)25-28)27-9-10-31-20(27)30/h1-4,11-13H,5-10H2. The molecular weight excluding hydrogens is 408 g/mol. The van der Waals surface area contributed by atoms with E-state index >= 15 is 0 Å². The van der Waals surface area contributed by atoms with Crippen molar-refractivity contribution in [1.82, 2.24) is 19.7 Å². The lowest BCUT2D eigenvalue weighted by Crippen LogP contribution is -2.42. The predicted octanol–water partition coefficient (Wildman–Crippen LogP) is 3.25. The molecule has 0 saturated carbocycles. The van der Waals surface area contributed by atoms with Crippen molar-refractivity contribution in [2.24, 2.45) is 0 Å². The number of nitrogens with zero attached hydrogens (tertiary/aromatic N) is 5. The average Bonchev–Trinajstić information content (AvgIpc) is 3.39. The van der Waals surface area contributed by atoms with Crippen molar-refractivity contribution >= 4 is 28.6 Å². The molecule has 0 atom stereocenters. The van der Waals surface area contributed by atoms with Gasteiger partial charge in [0.2, 0.25) is 0 Å². The molecule has 2 aromatic heterocycles. The number of rotatable bonds is 3. The molecule has 0 unspecified atom stereocenters. The topological polar surface area (TPSA) is 80.6 Å². The number of pyridine rings is 1. The third kappa shape index (κ3) is 3.69. The summed E-state index contributed by atoms with van der Waals surface area (Å²) in [5.41, 5.74) is 1.81. The number of aromatic nitrogens is 3. The van der Waals surface area contributed by atoms with Gasteiger partial charge in [-0.2, -0.15) is 5.10 Å². The Morgan fingerprint density at radius 2 is 1.90 bits per heavy atom. The van der Waals surface area contributed by atoms with E-state index in [0.29, 0.717) is 24.5 Å². The summed E-state index contributed by atoms with van der Waals surface area (Å²) >= 11 is 0. The molecule has 4 heterocycles. The van der Waals surface area contributed by atoms with E-state index in [1.54, 1.807) is 27.9 Å². The molecule has 0 aliphatic carbocycles. The van der Waals surface area contributed by atoms with Gasteiger partial charge >= 0.3 is 6.09 Å². The molecule has 3 aromatic rings. The molecule has 2 fully saturated rings. The summed E-state index contributed by atoms with van der Waals surface area (Å²) in [6.07, 6.45) is 2.22. The Kier molecular flexibility index (Phi) is 4.57. The molecule has 0 spiro atoms. The molecule has 1 aromatic carbocycles. The van der Waals surface area contributed by atoms with Crippen LogP contribution in [-0.2, 0) is 4.74 Å². The number of hydrogen-bond acceptors (Lipinski definition) is 5. The molecule has 2 aliphatic heterocycles. The first-order valence-corrected chi connectivity index (χ1v) is 9.97. The van der Waals surface area contributed by atoms with E-state index in [1.165, 1.54) is 11.1 Å². The van der Waals surface area contributed by atoms with Crippen molar-refractivity contribution in [2.75, 3.05) is 31.1 Å². The summed E-state index contributed by atoms with van der Waals surface area (Å²) in [5.74, 6) is -2.49. The van der Waals surface area contributed by atoms with Crippen molar-refractivity contribution in [3.63, 3.8) is 0 Å². The zero-order valence-electron chi connectivity index (χ0n) is 16.5. The van der Waals surface area contributed by atoms with Crippen molar-refractivity contribution in [3.8, 4) is 5.82 Å². The van der Waals surface area contributed by atoms with Crippen LogP contribution in [0.4, 0.5) is 19.3 Å². The Labute approximate surface area is 176 Å². The lowest BCUT2D eigenvalue weighted by Gasteiger charge is -2.31. The SMILES string of the molecule is O=C(c1ccc(-n2cc3cc(N4CCOC4=O)ccc3n2)nc1)N1CCC(F)(F)CC1. The molecule has 0 bridgehead atoms. The van der Waals surface area contributed by atoms with Gasteiger partial charge in [-0.3, -0.25) is 9.69 Å². The molecule has 0 N–H and O–H groups in total. The predicted molar refractivity (Wildman–Crippen MR) is 108 cm³/mol. The Balaban J connectivity index is 1.34. The second-order valence-corrected chi connectivity index (χ2v) is 7.64. The molecule has 8 nitrogen and oxygen atoms in total. The minimum absolute atomic E-state index is 0.0328. The summed E-state index contributed by atoms with van der Waals surface area (Å²) in [6, 6.07) is 8.77. The maximum atomic E-state index is 13.3. The van der Waals surface area contributed by atoms with Gasteiger partial charge in [-0.1, -0.05) is 0 Å². The molecular formula is C21H19F2N5O3. The van der Waals surface area contributed by atoms with Crippen LogP contribution in [0, 0.1) is 0 Å². The van der Waals surface area contributed by atoms with Crippen molar-refractivity contribution in [1.29, 1.82) is 0 Å². The number of fused-ring (bicyclic) bond motifs is 1. The van der Waals surface area contributed by atoms with E-state index in [9.17, 15) is 18.4 Å². The molecule has 10 heteroatoms. The van der Waals surface area contributed by atoms with Crippen LogP contribution in [-0.4, -0.2) is 63.8 Å². The van der Waals surface area contributed by atoms with Gasteiger partial charge in [-0.15, -0.1) is 0 Å². The van der Waals surface area contributed by atoms with E-state index < -0.39 is 5.92 Å². The highest BCUT2D eigenvalue weighted by Gasteiger charge is 2.35. The highest BCUT2D eigenvalue weighted by atomic mass is 19.3. The van der Waals surface area contributed by atoms with Crippen LogP contribution < -0.4 is 4.90 Å².